The average Bonchev–Trinajstić information content (AvgIpc) is 2.81. The first-order valence-electron chi connectivity index (χ1n) is 11.0. The number of hydrogen-bond acceptors (Lipinski definition) is 5. The molecule has 0 saturated carbocycles. The van der Waals surface area contributed by atoms with Gasteiger partial charge >= 0.3 is 0 Å². The first-order chi connectivity index (χ1) is 15.6. The van der Waals surface area contributed by atoms with Gasteiger partial charge in [-0.2, -0.15) is 0 Å². The normalized spacial score (nSPS) is 14.1. The van der Waals surface area contributed by atoms with Gasteiger partial charge in [-0.1, -0.05) is 23.7 Å². The molecule has 8 heteroatoms. The molecule has 0 amide bonds. The molecule has 1 aliphatic heterocycles. The minimum Gasteiger partial charge on any atom is -0.495 e. The zero-order chi connectivity index (χ0) is 22.8. The number of nitrogens with one attached hydrogen (secondary N) is 1. The third kappa shape index (κ3) is 7.52. The van der Waals surface area contributed by atoms with E-state index in [4.69, 9.17) is 38.0 Å². The van der Waals surface area contributed by atoms with E-state index < -0.39 is 0 Å². The van der Waals surface area contributed by atoms with Gasteiger partial charge in [-0.15, -0.1) is 0 Å². The number of nitrogens with zero attached hydrogens (tertiary/aromatic N) is 2. The molecule has 1 aliphatic rings. The number of anilines is 1. The Labute approximate surface area is 201 Å². The maximum atomic E-state index is 6.16. The van der Waals surface area contributed by atoms with E-state index in [1.807, 2.05) is 31.2 Å². The maximum Gasteiger partial charge on any atom is 0.173 e. The second kappa shape index (κ2) is 12.8. The van der Waals surface area contributed by atoms with Crippen molar-refractivity contribution in [3.05, 3.63) is 53.1 Å². The largest absolute Gasteiger partial charge is 0.495 e. The van der Waals surface area contributed by atoms with Gasteiger partial charge in [0, 0.05) is 44.5 Å². The van der Waals surface area contributed by atoms with Crippen molar-refractivity contribution in [2.24, 2.45) is 0 Å². The molecule has 1 N–H and O–H groups in total. The molecule has 0 atom stereocenters. The molecule has 174 valence electrons. The van der Waals surface area contributed by atoms with Gasteiger partial charge in [0.2, 0.25) is 0 Å². The Morgan fingerprint density at radius 2 is 1.94 bits per heavy atom. The number of thiocarbonyl (C=S) groups is 1. The Balaban J connectivity index is 1.65. The molecule has 2 aromatic rings. The van der Waals surface area contributed by atoms with Crippen LogP contribution in [0.2, 0.25) is 5.02 Å². The SMILES string of the molecule is CCOc1ccc(CN(CCCN2CCOCC2)C(=S)Nc2ccc(Cl)c(OC)c2)cc1. The van der Waals surface area contributed by atoms with Crippen LogP contribution in [0.3, 0.4) is 0 Å². The van der Waals surface area contributed by atoms with E-state index in [0.29, 0.717) is 29.0 Å². The Morgan fingerprint density at radius 1 is 1.19 bits per heavy atom. The summed E-state index contributed by atoms with van der Waals surface area (Å²) in [5.74, 6) is 1.49. The fraction of sp³-hybridized carbons (Fsp3) is 0.458. The molecule has 1 fully saturated rings. The lowest BCUT2D eigenvalue weighted by atomic mass is 10.2. The summed E-state index contributed by atoms with van der Waals surface area (Å²) < 4.78 is 16.3. The van der Waals surface area contributed by atoms with Crippen LogP contribution in [0, 0.1) is 0 Å². The molecule has 0 bridgehead atoms. The number of rotatable bonds is 10. The summed E-state index contributed by atoms with van der Waals surface area (Å²) in [5.41, 5.74) is 2.03. The highest BCUT2D eigenvalue weighted by molar-refractivity contribution is 7.80. The number of benzene rings is 2. The van der Waals surface area contributed by atoms with Crippen LogP contribution in [0.1, 0.15) is 18.9 Å². The third-order valence-corrected chi connectivity index (χ3v) is 5.98. The van der Waals surface area contributed by atoms with Crippen molar-refractivity contribution in [1.29, 1.82) is 0 Å². The number of methoxy groups -OCH3 is 1. The summed E-state index contributed by atoms with van der Waals surface area (Å²) in [6, 6.07) is 13.8. The Morgan fingerprint density at radius 3 is 2.62 bits per heavy atom. The molecular weight excluding hydrogens is 446 g/mol. The summed E-state index contributed by atoms with van der Waals surface area (Å²) >= 11 is 11.9. The van der Waals surface area contributed by atoms with E-state index in [0.717, 1.165) is 57.3 Å². The van der Waals surface area contributed by atoms with E-state index in [2.05, 4.69) is 27.2 Å². The van der Waals surface area contributed by atoms with Crippen LogP contribution in [0.4, 0.5) is 5.69 Å². The number of hydrogen-bond donors (Lipinski definition) is 1. The summed E-state index contributed by atoms with van der Waals surface area (Å²) in [6.45, 7) is 8.85. The van der Waals surface area contributed by atoms with Crippen molar-refractivity contribution < 1.29 is 14.2 Å². The molecule has 0 spiro atoms. The Bertz CT molecular complexity index is 860. The number of ether oxygens (including phenoxy) is 3. The first kappa shape index (κ1) is 24.6. The van der Waals surface area contributed by atoms with E-state index in [9.17, 15) is 0 Å². The van der Waals surface area contributed by atoms with Crippen LogP contribution in [0.15, 0.2) is 42.5 Å². The number of halogens is 1. The molecule has 2 aromatic carbocycles. The smallest absolute Gasteiger partial charge is 0.173 e. The molecule has 0 radical (unpaired) electrons. The molecule has 0 unspecified atom stereocenters. The van der Waals surface area contributed by atoms with Crippen molar-refractivity contribution >= 4 is 34.6 Å². The molecule has 32 heavy (non-hydrogen) atoms. The molecule has 6 nitrogen and oxygen atoms in total. The molecule has 0 aliphatic carbocycles. The molecule has 1 saturated heterocycles. The van der Waals surface area contributed by atoms with Gasteiger partial charge in [0.05, 0.1) is 32.0 Å². The zero-order valence-electron chi connectivity index (χ0n) is 18.8. The van der Waals surface area contributed by atoms with Crippen molar-refractivity contribution in [1.82, 2.24) is 9.80 Å². The lowest BCUT2D eigenvalue weighted by molar-refractivity contribution is 0.0368. The minimum atomic E-state index is 0.570. The van der Waals surface area contributed by atoms with Crippen molar-refractivity contribution in [2.75, 3.05) is 58.4 Å². The van der Waals surface area contributed by atoms with E-state index in [1.165, 1.54) is 5.56 Å². The zero-order valence-corrected chi connectivity index (χ0v) is 20.4. The lowest BCUT2D eigenvalue weighted by Gasteiger charge is -2.30. The topological polar surface area (TPSA) is 46.2 Å². The standard InChI is InChI=1S/C24H32ClN3O3S/c1-3-31-21-8-5-19(6-9-21)18-28(12-4-11-27-13-15-30-16-14-27)24(32)26-20-7-10-22(25)23(17-20)29-2/h5-10,17H,3-4,11-16,18H2,1-2H3,(H,26,32). The van der Waals surface area contributed by atoms with Gasteiger partial charge in [-0.25, -0.2) is 0 Å². The highest BCUT2D eigenvalue weighted by Crippen LogP contribution is 2.27. The van der Waals surface area contributed by atoms with Crippen LogP contribution in [0.25, 0.3) is 0 Å². The predicted molar refractivity (Wildman–Crippen MR) is 134 cm³/mol. The third-order valence-electron chi connectivity index (χ3n) is 5.30. The number of morpholine rings is 1. The molecular formula is C24H32ClN3O3S. The van der Waals surface area contributed by atoms with E-state index in [1.54, 1.807) is 13.2 Å². The summed E-state index contributed by atoms with van der Waals surface area (Å²) in [4.78, 5) is 4.64. The quantitative estimate of drug-likeness (QED) is 0.499. The van der Waals surface area contributed by atoms with Gasteiger partial charge in [-0.3, -0.25) is 4.90 Å². The fourth-order valence-corrected chi connectivity index (χ4v) is 4.05. The highest BCUT2D eigenvalue weighted by atomic mass is 35.5. The second-order valence-corrected chi connectivity index (χ2v) is 8.38. The van der Waals surface area contributed by atoms with Crippen LogP contribution in [-0.2, 0) is 11.3 Å². The van der Waals surface area contributed by atoms with Gasteiger partial charge in [0.1, 0.15) is 11.5 Å². The summed E-state index contributed by atoms with van der Waals surface area (Å²) in [5, 5.41) is 4.59. The van der Waals surface area contributed by atoms with Gasteiger partial charge in [-0.05, 0) is 55.4 Å². The molecule has 0 aromatic heterocycles. The first-order valence-corrected chi connectivity index (χ1v) is 11.8. The van der Waals surface area contributed by atoms with Crippen molar-refractivity contribution in [2.45, 2.75) is 19.9 Å². The average molecular weight is 478 g/mol. The highest BCUT2D eigenvalue weighted by Gasteiger charge is 2.14. The van der Waals surface area contributed by atoms with Gasteiger partial charge < -0.3 is 24.4 Å². The van der Waals surface area contributed by atoms with Crippen molar-refractivity contribution in [3.63, 3.8) is 0 Å². The van der Waals surface area contributed by atoms with Crippen LogP contribution in [0.5, 0.6) is 11.5 Å². The van der Waals surface area contributed by atoms with Gasteiger partial charge in [0.15, 0.2) is 5.11 Å². The lowest BCUT2D eigenvalue weighted by Crippen LogP contribution is -2.40. The van der Waals surface area contributed by atoms with Crippen LogP contribution >= 0.6 is 23.8 Å². The fourth-order valence-electron chi connectivity index (χ4n) is 3.58. The predicted octanol–water partition coefficient (Wildman–Crippen LogP) is 4.67. The van der Waals surface area contributed by atoms with Crippen LogP contribution < -0.4 is 14.8 Å². The van der Waals surface area contributed by atoms with Crippen molar-refractivity contribution in [3.8, 4) is 11.5 Å². The minimum absolute atomic E-state index is 0.570. The Kier molecular flexibility index (Phi) is 9.87. The Hall–Kier alpha value is -2.06. The molecule has 1 heterocycles. The summed E-state index contributed by atoms with van der Waals surface area (Å²) in [6.07, 6.45) is 1.02. The molecule has 3 rings (SSSR count). The maximum absolute atomic E-state index is 6.16. The summed E-state index contributed by atoms with van der Waals surface area (Å²) in [7, 11) is 1.60. The second-order valence-electron chi connectivity index (χ2n) is 7.59. The van der Waals surface area contributed by atoms with Crippen LogP contribution in [-0.4, -0.2) is 68.0 Å². The van der Waals surface area contributed by atoms with E-state index >= 15 is 0 Å². The van der Waals surface area contributed by atoms with Gasteiger partial charge in [0.25, 0.3) is 0 Å². The monoisotopic (exact) mass is 477 g/mol. The van der Waals surface area contributed by atoms with E-state index in [-0.39, 0.29) is 0 Å².